The highest BCUT2D eigenvalue weighted by atomic mass is 16.5. The molecule has 1 aliphatic rings. The van der Waals surface area contributed by atoms with Crippen molar-refractivity contribution in [3.63, 3.8) is 0 Å². The van der Waals surface area contributed by atoms with Crippen molar-refractivity contribution in [2.45, 2.75) is 32.6 Å². The molecular weight excluding hydrogens is 194 g/mol. The second kappa shape index (κ2) is 6.56. The topological polar surface area (TPSA) is 55.4 Å². The summed E-state index contributed by atoms with van der Waals surface area (Å²) in [6, 6.07) is 0. The van der Waals surface area contributed by atoms with E-state index in [1.165, 1.54) is 19.8 Å². The normalized spacial score (nSPS) is 15.0. The molecule has 1 fully saturated rings. The Morgan fingerprint density at radius 3 is 2.73 bits per heavy atom. The molecule has 0 radical (unpaired) electrons. The van der Waals surface area contributed by atoms with Gasteiger partial charge in [-0.05, 0) is 32.1 Å². The lowest BCUT2D eigenvalue weighted by Crippen LogP contribution is -2.26. The fourth-order valence-electron chi connectivity index (χ4n) is 1.23. The molecule has 1 N–H and O–H groups in total. The maximum atomic E-state index is 11.0. The second-order valence-corrected chi connectivity index (χ2v) is 4.10. The Morgan fingerprint density at radius 2 is 2.13 bits per heavy atom. The van der Waals surface area contributed by atoms with Gasteiger partial charge in [-0.15, -0.1) is 0 Å². The number of ketones is 1. The molecule has 15 heavy (non-hydrogen) atoms. The Kier molecular flexibility index (Phi) is 5.32. The van der Waals surface area contributed by atoms with E-state index < -0.39 is 0 Å². The number of ether oxygens (including phenoxy) is 1. The maximum Gasteiger partial charge on any atom is 0.227 e. The highest BCUT2D eigenvalue weighted by Gasteiger charge is 2.20. The monoisotopic (exact) mass is 213 g/mol. The van der Waals surface area contributed by atoms with Crippen LogP contribution in [0.1, 0.15) is 32.6 Å². The van der Waals surface area contributed by atoms with Crippen LogP contribution < -0.4 is 5.32 Å². The summed E-state index contributed by atoms with van der Waals surface area (Å²) in [5.74, 6) is 0.500. The molecule has 0 aromatic rings. The smallest absolute Gasteiger partial charge is 0.227 e. The zero-order valence-corrected chi connectivity index (χ0v) is 9.25. The molecule has 0 bridgehead atoms. The number of Topliss-reactive ketones (excluding diaryl/α,β-unsaturated/α-hetero) is 1. The standard InChI is InChI=1S/C11H19NO3/c1-9(13)7-11(14)12-5-2-6-15-8-10-3-4-10/h10H,2-8H2,1H3,(H,12,14). The summed E-state index contributed by atoms with van der Waals surface area (Å²) in [5.41, 5.74) is 0. The molecule has 1 rings (SSSR count). The molecule has 1 amide bonds. The van der Waals surface area contributed by atoms with Gasteiger partial charge in [0.2, 0.25) is 5.91 Å². The van der Waals surface area contributed by atoms with Crippen LogP contribution >= 0.6 is 0 Å². The molecule has 0 aromatic carbocycles. The summed E-state index contributed by atoms with van der Waals surface area (Å²) in [5, 5.41) is 2.68. The zero-order valence-electron chi connectivity index (χ0n) is 9.25. The van der Waals surface area contributed by atoms with Gasteiger partial charge in [0.05, 0.1) is 6.42 Å². The van der Waals surface area contributed by atoms with Gasteiger partial charge in [0.1, 0.15) is 5.78 Å². The first-order valence-corrected chi connectivity index (χ1v) is 5.52. The predicted molar refractivity (Wildman–Crippen MR) is 56.5 cm³/mol. The van der Waals surface area contributed by atoms with E-state index >= 15 is 0 Å². The van der Waals surface area contributed by atoms with Crippen molar-refractivity contribution in [1.82, 2.24) is 5.32 Å². The lowest BCUT2D eigenvalue weighted by molar-refractivity contribution is -0.127. The van der Waals surface area contributed by atoms with Crippen molar-refractivity contribution in [2.75, 3.05) is 19.8 Å². The highest BCUT2D eigenvalue weighted by molar-refractivity contribution is 5.96. The average Bonchev–Trinajstić information content (AvgIpc) is 2.93. The Hall–Kier alpha value is -0.900. The number of nitrogens with one attached hydrogen (secondary N) is 1. The van der Waals surface area contributed by atoms with E-state index in [2.05, 4.69) is 5.32 Å². The molecular formula is C11H19NO3. The van der Waals surface area contributed by atoms with Crippen LogP contribution in [-0.2, 0) is 14.3 Å². The maximum absolute atomic E-state index is 11.0. The van der Waals surface area contributed by atoms with Gasteiger partial charge in [0, 0.05) is 19.8 Å². The molecule has 1 aliphatic carbocycles. The van der Waals surface area contributed by atoms with Gasteiger partial charge in [0.25, 0.3) is 0 Å². The Morgan fingerprint density at radius 1 is 1.40 bits per heavy atom. The zero-order chi connectivity index (χ0) is 11.1. The van der Waals surface area contributed by atoms with Gasteiger partial charge in [-0.1, -0.05) is 0 Å². The van der Waals surface area contributed by atoms with Crippen LogP contribution in [0.15, 0.2) is 0 Å². The van der Waals surface area contributed by atoms with Crippen LogP contribution in [0.2, 0.25) is 0 Å². The number of amides is 1. The first-order chi connectivity index (χ1) is 7.18. The molecule has 0 spiro atoms. The molecule has 4 heteroatoms. The Labute approximate surface area is 90.4 Å². The van der Waals surface area contributed by atoms with Crippen LogP contribution in [0.3, 0.4) is 0 Å². The average molecular weight is 213 g/mol. The summed E-state index contributed by atoms with van der Waals surface area (Å²) < 4.78 is 5.40. The summed E-state index contributed by atoms with van der Waals surface area (Å²) in [6.45, 7) is 3.56. The van der Waals surface area contributed by atoms with E-state index in [0.29, 0.717) is 13.2 Å². The minimum atomic E-state index is -0.190. The lowest BCUT2D eigenvalue weighted by atomic mass is 10.3. The molecule has 86 valence electrons. The van der Waals surface area contributed by atoms with Crippen LogP contribution in [0.4, 0.5) is 0 Å². The van der Waals surface area contributed by atoms with Crippen molar-refractivity contribution in [1.29, 1.82) is 0 Å². The quantitative estimate of drug-likeness (QED) is 0.481. The Balaban J connectivity index is 1.82. The fraction of sp³-hybridized carbons (Fsp3) is 0.818. The van der Waals surface area contributed by atoms with Crippen molar-refractivity contribution < 1.29 is 14.3 Å². The second-order valence-electron chi connectivity index (χ2n) is 4.10. The summed E-state index contributed by atoms with van der Waals surface area (Å²) in [4.78, 5) is 21.6. The molecule has 0 atom stereocenters. The van der Waals surface area contributed by atoms with E-state index in [4.69, 9.17) is 4.74 Å². The molecule has 0 aliphatic heterocycles. The van der Waals surface area contributed by atoms with Gasteiger partial charge in [-0.25, -0.2) is 0 Å². The lowest BCUT2D eigenvalue weighted by Gasteiger charge is -2.04. The van der Waals surface area contributed by atoms with Gasteiger partial charge in [-0.2, -0.15) is 0 Å². The van der Waals surface area contributed by atoms with E-state index in [0.717, 1.165) is 18.9 Å². The SMILES string of the molecule is CC(=O)CC(=O)NCCCOCC1CC1. The molecule has 0 aromatic heterocycles. The van der Waals surface area contributed by atoms with Crippen LogP contribution in [0, 0.1) is 5.92 Å². The van der Waals surface area contributed by atoms with E-state index in [1.54, 1.807) is 0 Å². The summed E-state index contributed by atoms with van der Waals surface area (Å²) in [6.07, 6.45) is 3.41. The molecule has 1 saturated carbocycles. The summed E-state index contributed by atoms with van der Waals surface area (Å²) in [7, 11) is 0. The highest BCUT2D eigenvalue weighted by Crippen LogP contribution is 2.28. The van der Waals surface area contributed by atoms with E-state index in [9.17, 15) is 9.59 Å². The van der Waals surface area contributed by atoms with Gasteiger partial charge in [-0.3, -0.25) is 9.59 Å². The number of carbonyl (C=O) groups is 2. The van der Waals surface area contributed by atoms with Gasteiger partial charge >= 0.3 is 0 Å². The minimum absolute atomic E-state index is 0.0110. The third-order valence-electron chi connectivity index (χ3n) is 2.25. The number of hydrogen-bond acceptors (Lipinski definition) is 3. The van der Waals surface area contributed by atoms with E-state index in [-0.39, 0.29) is 18.1 Å². The number of rotatable bonds is 8. The van der Waals surface area contributed by atoms with E-state index in [1.807, 2.05) is 0 Å². The van der Waals surface area contributed by atoms with Crippen LogP contribution in [-0.4, -0.2) is 31.4 Å². The van der Waals surface area contributed by atoms with Crippen molar-refractivity contribution >= 4 is 11.7 Å². The van der Waals surface area contributed by atoms with Crippen molar-refractivity contribution in [3.05, 3.63) is 0 Å². The van der Waals surface area contributed by atoms with Crippen molar-refractivity contribution in [3.8, 4) is 0 Å². The van der Waals surface area contributed by atoms with Crippen molar-refractivity contribution in [2.24, 2.45) is 5.92 Å². The molecule has 0 saturated heterocycles. The van der Waals surface area contributed by atoms with Crippen LogP contribution in [0.25, 0.3) is 0 Å². The molecule has 4 nitrogen and oxygen atoms in total. The van der Waals surface area contributed by atoms with Gasteiger partial charge < -0.3 is 10.1 Å². The largest absolute Gasteiger partial charge is 0.381 e. The minimum Gasteiger partial charge on any atom is -0.381 e. The number of carbonyl (C=O) groups excluding carboxylic acids is 2. The van der Waals surface area contributed by atoms with Crippen LogP contribution in [0.5, 0.6) is 0 Å². The molecule has 0 unspecified atom stereocenters. The Bertz CT molecular complexity index is 224. The summed E-state index contributed by atoms with van der Waals surface area (Å²) >= 11 is 0. The fourth-order valence-corrected chi connectivity index (χ4v) is 1.23. The first-order valence-electron chi connectivity index (χ1n) is 5.52. The van der Waals surface area contributed by atoms with Gasteiger partial charge in [0.15, 0.2) is 0 Å². The first kappa shape index (κ1) is 12.2. The predicted octanol–water partition coefficient (Wildman–Crippen LogP) is 0.898. The third kappa shape index (κ3) is 7.08. The number of hydrogen-bond donors (Lipinski definition) is 1. The third-order valence-corrected chi connectivity index (χ3v) is 2.25. The molecule has 0 heterocycles.